The summed E-state index contributed by atoms with van der Waals surface area (Å²) in [5, 5.41) is 0. The van der Waals surface area contributed by atoms with Crippen molar-refractivity contribution in [3.8, 4) is 0 Å². The molecule has 0 aliphatic heterocycles. The summed E-state index contributed by atoms with van der Waals surface area (Å²) in [5.41, 5.74) is 0. The van der Waals surface area contributed by atoms with E-state index < -0.39 is 0 Å². The topological polar surface area (TPSA) is 9.23 Å². The summed E-state index contributed by atoms with van der Waals surface area (Å²) in [6.45, 7) is 4.67. The Morgan fingerprint density at radius 3 is 2.86 bits per heavy atom. The Morgan fingerprint density at radius 1 is 1.71 bits per heavy atom. The van der Waals surface area contributed by atoms with Crippen LogP contribution in [0, 0.1) is 0 Å². The third kappa shape index (κ3) is 5.60. The standard InChI is InChI=1S/C5H10BO/c1-3-7-5-4-6-2/h4-5H,3H2,1-2H3/b5-4+. The van der Waals surface area contributed by atoms with Crippen LogP contribution in [0.5, 0.6) is 0 Å². The van der Waals surface area contributed by atoms with Crippen LogP contribution in [0.3, 0.4) is 0 Å². The van der Waals surface area contributed by atoms with E-state index >= 15 is 0 Å². The van der Waals surface area contributed by atoms with E-state index in [0.29, 0.717) is 0 Å². The van der Waals surface area contributed by atoms with Crippen LogP contribution >= 0.6 is 0 Å². The molecule has 1 nitrogen and oxygen atoms in total. The van der Waals surface area contributed by atoms with E-state index in [1.165, 1.54) is 0 Å². The van der Waals surface area contributed by atoms with Gasteiger partial charge in [0.25, 0.3) is 0 Å². The van der Waals surface area contributed by atoms with Crippen LogP contribution in [0.15, 0.2) is 12.2 Å². The van der Waals surface area contributed by atoms with E-state index in [1.807, 2.05) is 27.0 Å². The first kappa shape index (κ1) is 6.60. The first-order chi connectivity index (χ1) is 3.41. The van der Waals surface area contributed by atoms with Crippen LogP contribution in [0.1, 0.15) is 6.92 Å². The number of hydrogen-bond donors (Lipinski definition) is 0. The second-order valence-electron chi connectivity index (χ2n) is 1.12. The largest absolute Gasteiger partial charge is 0.503 e. The highest BCUT2D eigenvalue weighted by Gasteiger charge is 1.66. The number of ether oxygens (including phenoxy) is 1. The summed E-state index contributed by atoms with van der Waals surface area (Å²) in [6.07, 6.45) is 1.68. The summed E-state index contributed by atoms with van der Waals surface area (Å²) < 4.78 is 4.86. The van der Waals surface area contributed by atoms with Gasteiger partial charge in [0, 0.05) is 0 Å². The minimum absolute atomic E-state index is 0.754. The van der Waals surface area contributed by atoms with Gasteiger partial charge in [0.1, 0.15) is 7.28 Å². The molecule has 0 atom stereocenters. The molecule has 0 fully saturated rings. The second-order valence-corrected chi connectivity index (χ2v) is 1.12. The maximum absolute atomic E-state index is 4.86. The minimum Gasteiger partial charge on any atom is -0.503 e. The summed E-state index contributed by atoms with van der Waals surface area (Å²) in [7, 11) is 1.93. The third-order valence-corrected chi connectivity index (χ3v) is 0.534. The monoisotopic (exact) mass is 97.1 g/mol. The lowest BCUT2D eigenvalue weighted by atomic mass is 9.83. The third-order valence-electron chi connectivity index (χ3n) is 0.534. The quantitative estimate of drug-likeness (QED) is 0.380. The lowest BCUT2D eigenvalue weighted by Crippen LogP contribution is -1.78. The Balaban J connectivity index is 2.78. The van der Waals surface area contributed by atoms with Crippen LogP contribution in [0.25, 0.3) is 0 Å². The average Bonchev–Trinajstić information content (AvgIpc) is 1.69. The summed E-state index contributed by atoms with van der Waals surface area (Å²) in [6, 6.07) is 0. The van der Waals surface area contributed by atoms with E-state index in [9.17, 15) is 0 Å². The zero-order valence-corrected chi connectivity index (χ0v) is 4.85. The van der Waals surface area contributed by atoms with E-state index in [0.717, 1.165) is 6.61 Å². The lowest BCUT2D eigenvalue weighted by Gasteiger charge is -1.88. The molecule has 0 bridgehead atoms. The summed E-state index contributed by atoms with van der Waals surface area (Å²) >= 11 is 0. The van der Waals surface area contributed by atoms with Gasteiger partial charge in [0.05, 0.1) is 12.9 Å². The van der Waals surface area contributed by atoms with Crippen molar-refractivity contribution in [2.24, 2.45) is 0 Å². The van der Waals surface area contributed by atoms with Crippen molar-refractivity contribution in [1.29, 1.82) is 0 Å². The molecule has 0 aromatic carbocycles. The van der Waals surface area contributed by atoms with E-state index in [1.54, 1.807) is 6.26 Å². The van der Waals surface area contributed by atoms with Crippen molar-refractivity contribution >= 4 is 7.28 Å². The van der Waals surface area contributed by atoms with Crippen LogP contribution < -0.4 is 0 Å². The molecule has 0 amide bonds. The molecule has 1 radical (unpaired) electrons. The van der Waals surface area contributed by atoms with Gasteiger partial charge in [0.2, 0.25) is 0 Å². The van der Waals surface area contributed by atoms with E-state index in [2.05, 4.69) is 0 Å². The van der Waals surface area contributed by atoms with Crippen molar-refractivity contribution in [2.75, 3.05) is 6.61 Å². The summed E-state index contributed by atoms with van der Waals surface area (Å²) in [4.78, 5) is 0. The van der Waals surface area contributed by atoms with Gasteiger partial charge in [-0.1, -0.05) is 12.8 Å². The van der Waals surface area contributed by atoms with Crippen molar-refractivity contribution in [1.82, 2.24) is 0 Å². The zero-order chi connectivity index (χ0) is 5.54. The Hall–Kier alpha value is -0.395. The summed E-state index contributed by atoms with van der Waals surface area (Å²) in [5.74, 6) is 1.86. The SMILES string of the molecule is C[B]/C=C/OCC. The Labute approximate surface area is 45.6 Å². The smallest absolute Gasteiger partial charge is 0.142 e. The lowest BCUT2D eigenvalue weighted by molar-refractivity contribution is 0.270. The van der Waals surface area contributed by atoms with Crippen LogP contribution in [-0.4, -0.2) is 13.9 Å². The van der Waals surface area contributed by atoms with Crippen molar-refractivity contribution in [2.45, 2.75) is 13.7 Å². The predicted molar refractivity (Wildman–Crippen MR) is 32.4 cm³/mol. The molecule has 7 heavy (non-hydrogen) atoms. The molecule has 0 saturated carbocycles. The molecule has 0 N–H and O–H groups in total. The predicted octanol–water partition coefficient (Wildman–Crippen LogP) is 1.25. The minimum atomic E-state index is 0.754. The fourth-order valence-electron chi connectivity index (χ4n) is 0.230. The molecule has 0 saturated heterocycles. The van der Waals surface area contributed by atoms with Gasteiger partial charge in [-0.2, -0.15) is 0 Å². The number of rotatable bonds is 3. The van der Waals surface area contributed by atoms with Crippen molar-refractivity contribution in [3.63, 3.8) is 0 Å². The van der Waals surface area contributed by atoms with Crippen LogP contribution in [0.4, 0.5) is 0 Å². The van der Waals surface area contributed by atoms with E-state index in [-0.39, 0.29) is 0 Å². The van der Waals surface area contributed by atoms with Crippen molar-refractivity contribution in [3.05, 3.63) is 12.2 Å². The zero-order valence-electron chi connectivity index (χ0n) is 4.85. The van der Waals surface area contributed by atoms with Crippen molar-refractivity contribution < 1.29 is 4.74 Å². The molecule has 0 heterocycles. The van der Waals surface area contributed by atoms with Gasteiger partial charge >= 0.3 is 0 Å². The fraction of sp³-hybridized carbons (Fsp3) is 0.600. The molecular weight excluding hydrogens is 86.9 g/mol. The number of hydrogen-bond acceptors (Lipinski definition) is 1. The van der Waals surface area contributed by atoms with Gasteiger partial charge in [-0.25, -0.2) is 0 Å². The molecule has 0 unspecified atom stereocenters. The highest BCUT2D eigenvalue weighted by molar-refractivity contribution is 6.40. The van der Waals surface area contributed by atoms with Gasteiger partial charge in [0.15, 0.2) is 0 Å². The molecule has 39 valence electrons. The average molecular weight is 96.9 g/mol. The van der Waals surface area contributed by atoms with Gasteiger partial charge in [-0.15, -0.1) is 0 Å². The normalized spacial score (nSPS) is 9.43. The highest BCUT2D eigenvalue weighted by atomic mass is 16.5. The molecule has 0 rings (SSSR count). The first-order valence-corrected chi connectivity index (χ1v) is 2.48. The Morgan fingerprint density at radius 2 is 2.43 bits per heavy atom. The highest BCUT2D eigenvalue weighted by Crippen LogP contribution is 1.72. The fourth-order valence-corrected chi connectivity index (χ4v) is 0.230. The molecule has 0 aliphatic carbocycles. The molecular formula is C5H10BO. The maximum Gasteiger partial charge on any atom is 0.142 e. The molecule has 0 aromatic heterocycles. The molecule has 0 spiro atoms. The Bertz CT molecular complexity index is 52.0. The molecule has 2 heteroatoms. The van der Waals surface area contributed by atoms with E-state index in [4.69, 9.17) is 4.74 Å². The first-order valence-electron chi connectivity index (χ1n) is 2.48. The molecule has 0 aromatic rings. The molecule has 0 aliphatic rings. The Kier molecular flexibility index (Phi) is 5.29. The van der Waals surface area contributed by atoms with Gasteiger partial charge < -0.3 is 4.74 Å². The van der Waals surface area contributed by atoms with Gasteiger partial charge in [-0.05, 0) is 6.92 Å². The van der Waals surface area contributed by atoms with Crippen LogP contribution in [-0.2, 0) is 4.74 Å². The van der Waals surface area contributed by atoms with Crippen LogP contribution in [0.2, 0.25) is 6.82 Å². The second kappa shape index (κ2) is 5.60. The maximum atomic E-state index is 4.86. The van der Waals surface area contributed by atoms with Gasteiger partial charge in [-0.3, -0.25) is 0 Å².